The molecular formula is C31H27BrO2. The SMILES string of the molecule is CCC1(COc2ccc(C3(c4ccccc4)c4ccccc4-c4ccc(Br)cc43)cc2)COC1. The zero-order chi connectivity index (χ0) is 23.2. The van der Waals surface area contributed by atoms with Crippen molar-refractivity contribution in [3.8, 4) is 16.9 Å². The molecular weight excluding hydrogens is 484 g/mol. The van der Waals surface area contributed by atoms with E-state index < -0.39 is 0 Å². The van der Waals surface area contributed by atoms with Crippen LogP contribution in [0.2, 0.25) is 0 Å². The van der Waals surface area contributed by atoms with Crippen LogP contribution in [0.3, 0.4) is 0 Å². The van der Waals surface area contributed by atoms with Crippen LogP contribution in [-0.4, -0.2) is 19.8 Å². The van der Waals surface area contributed by atoms with Crippen molar-refractivity contribution >= 4 is 15.9 Å². The van der Waals surface area contributed by atoms with E-state index in [0.29, 0.717) is 6.61 Å². The van der Waals surface area contributed by atoms with Crippen LogP contribution in [0, 0.1) is 5.41 Å². The van der Waals surface area contributed by atoms with E-state index >= 15 is 0 Å². The van der Waals surface area contributed by atoms with Crippen molar-refractivity contribution in [3.63, 3.8) is 0 Å². The van der Waals surface area contributed by atoms with Crippen LogP contribution < -0.4 is 4.74 Å². The molecule has 0 bridgehead atoms. The summed E-state index contributed by atoms with van der Waals surface area (Å²) < 4.78 is 12.8. The molecule has 4 aromatic rings. The first-order valence-electron chi connectivity index (χ1n) is 11.9. The molecule has 0 N–H and O–H groups in total. The fourth-order valence-electron chi connectivity index (χ4n) is 5.55. The van der Waals surface area contributed by atoms with Crippen LogP contribution >= 0.6 is 15.9 Å². The van der Waals surface area contributed by atoms with E-state index in [1.807, 2.05) is 0 Å². The summed E-state index contributed by atoms with van der Waals surface area (Å²) in [5, 5.41) is 0. The smallest absolute Gasteiger partial charge is 0.119 e. The van der Waals surface area contributed by atoms with Crippen LogP contribution in [-0.2, 0) is 10.2 Å². The predicted molar refractivity (Wildman–Crippen MR) is 140 cm³/mol. The lowest BCUT2D eigenvalue weighted by Crippen LogP contribution is -2.46. The first-order chi connectivity index (χ1) is 16.7. The van der Waals surface area contributed by atoms with E-state index in [1.165, 1.54) is 33.4 Å². The predicted octanol–water partition coefficient (Wildman–Crippen LogP) is 7.62. The van der Waals surface area contributed by atoms with E-state index in [2.05, 4.69) is 120 Å². The molecule has 2 nitrogen and oxygen atoms in total. The Kier molecular flexibility index (Phi) is 5.35. The Morgan fingerprint density at radius 3 is 2.15 bits per heavy atom. The monoisotopic (exact) mass is 510 g/mol. The van der Waals surface area contributed by atoms with Gasteiger partial charge in [0.2, 0.25) is 0 Å². The summed E-state index contributed by atoms with van der Waals surface area (Å²) in [5.41, 5.74) is 7.50. The summed E-state index contributed by atoms with van der Waals surface area (Å²) in [7, 11) is 0. The highest BCUT2D eigenvalue weighted by Crippen LogP contribution is 2.56. The van der Waals surface area contributed by atoms with Gasteiger partial charge in [0.25, 0.3) is 0 Å². The second-order valence-corrected chi connectivity index (χ2v) is 10.4. The number of halogens is 1. The second kappa shape index (κ2) is 8.41. The minimum atomic E-state index is -0.387. The van der Waals surface area contributed by atoms with E-state index in [9.17, 15) is 0 Å². The third-order valence-electron chi connectivity index (χ3n) is 7.61. The summed E-state index contributed by atoms with van der Waals surface area (Å²) in [6.45, 7) is 4.50. The van der Waals surface area contributed by atoms with Crippen molar-refractivity contribution < 1.29 is 9.47 Å². The van der Waals surface area contributed by atoms with Gasteiger partial charge in [-0.3, -0.25) is 0 Å². The number of hydrogen-bond acceptors (Lipinski definition) is 2. The van der Waals surface area contributed by atoms with Gasteiger partial charge in [0.15, 0.2) is 0 Å². The van der Waals surface area contributed by atoms with Crippen LogP contribution in [0.5, 0.6) is 5.75 Å². The molecule has 1 unspecified atom stereocenters. The van der Waals surface area contributed by atoms with Gasteiger partial charge < -0.3 is 9.47 Å². The number of ether oxygens (including phenoxy) is 2. The van der Waals surface area contributed by atoms with Gasteiger partial charge in [-0.1, -0.05) is 95.7 Å². The Balaban J connectivity index is 1.49. The largest absolute Gasteiger partial charge is 0.493 e. The molecule has 34 heavy (non-hydrogen) atoms. The molecule has 6 rings (SSSR count). The van der Waals surface area contributed by atoms with Gasteiger partial charge in [-0.2, -0.15) is 0 Å². The summed E-state index contributed by atoms with van der Waals surface area (Å²) in [6.07, 6.45) is 1.07. The molecule has 3 heteroatoms. The Labute approximate surface area is 209 Å². The molecule has 1 aliphatic carbocycles. The fraction of sp³-hybridized carbons (Fsp3) is 0.226. The molecule has 1 aliphatic heterocycles. The lowest BCUT2D eigenvalue weighted by Gasteiger charge is -2.40. The van der Waals surface area contributed by atoms with E-state index in [0.717, 1.165) is 29.9 Å². The second-order valence-electron chi connectivity index (χ2n) is 9.51. The highest BCUT2D eigenvalue weighted by molar-refractivity contribution is 9.10. The molecule has 0 amide bonds. The molecule has 0 spiro atoms. The third-order valence-corrected chi connectivity index (χ3v) is 8.11. The van der Waals surface area contributed by atoms with Crippen molar-refractivity contribution in [1.82, 2.24) is 0 Å². The first kappa shape index (κ1) is 21.6. The molecule has 0 aromatic heterocycles. The fourth-order valence-corrected chi connectivity index (χ4v) is 5.91. The lowest BCUT2D eigenvalue weighted by molar-refractivity contribution is -0.133. The standard InChI is InChI=1S/C31H27BrO2/c1-2-30(19-33-20-30)21-34-25-15-12-23(13-16-25)31(22-8-4-3-5-9-22)28-11-7-6-10-26(28)27-17-14-24(32)18-29(27)31/h3-18H,2,19-21H2,1H3. The molecule has 170 valence electrons. The number of hydrogen-bond donors (Lipinski definition) is 0. The van der Waals surface area contributed by atoms with Crippen LogP contribution in [0.15, 0.2) is 102 Å². The lowest BCUT2D eigenvalue weighted by atomic mass is 9.68. The molecule has 1 heterocycles. The van der Waals surface area contributed by atoms with Gasteiger partial charge in [0, 0.05) is 4.47 Å². The maximum absolute atomic E-state index is 6.23. The van der Waals surface area contributed by atoms with Crippen molar-refractivity contribution in [1.29, 1.82) is 0 Å². The maximum atomic E-state index is 6.23. The molecule has 0 saturated carbocycles. The minimum Gasteiger partial charge on any atom is -0.493 e. The molecule has 2 aliphatic rings. The Morgan fingerprint density at radius 1 is 0.765 bits per heavy atom. The van der Waals surface area contributed by atoms with E-state index in [1.54, 1.807) is 0 Å². The topological polar surface area (TPSA) is 18.5 Å². The molecule has 1 saturated heterocycles. The van der Waals surface area contributed by atoms with Gasteiger partial charge in [0.05, 0.1) is 30.7 Å². The van der Waals surface area contributed by atoms with Crippen molar-refractivity contribution in [2.24, 2.45) is 5.41 Å². The molecule has 4 aromatic carbocycles. The first-order valence-corrected chi connectivity index (χ1v) is 12.7. The summed E-state index contributed by atoms with van der Waals surface area (Å²) in [4.78, 5) is 0. The average molecular weight is 511 g/mol. The van der Waals surface area contributed by atoms with Gasteiger partial charge in [-0.05, 0) is 64.1 Å². The van der Waals surface area contributed by atoms with Crippen LogP contribution in [0.25, 0.3) is 11.1 Å². The summed E-state index contributed by atoms with van der Waals surface area (Å²) in [6, 6.07) is 35.1. The zero-order valence-corrected chi connectivity index (χ0v) is 20.8. The highest BCUT2D eigenvalue weighted by atomic mass is 79.9. The highest BCUT2D eigenvalue weighted by Gasteiger charge is 2.46. The molecule has 1 atom stereocenters. The van der Waals surface area contributed by atoms with Gasteiger partial charge in [0.1, 0.15) is 5.75 Å². The van der Waals surface area contributed by atoms with Gasteiger partial charge in [-0.25, -0.2) is 0 Å². The van der Waals surface area contributed by atoms with Gasteiger partial charge >= 0.3 is 0 Å². The average Bonchev–Trinajstić information content (AvgIpc) is 3.15. The van der Waals surface area contributed by atoms with Crippen molar-refractivity contribution in [3.05, 3.63) is 124 Å². The van der Waals surface area contributed by atoms with Crippen LogP contribution in [0.4, 0.5) is 0 Å². The summed E-state index contributed by atoms with van der Waals surface area (Å²) in [5.74, 6) is 0.910. The molecule has 0 radical (unpaired) electrons. The minimum absolute atomic E-state index is 0.166. The Bertz CT molecular complexity index is 1320. The maximum Gasteiger partial charge on any atom is 0.119 e. The normalized spacial score (nSPS) is 19.7. The number of benzene rings is 4. The summed E-state index contributed by atoms with van der Waals surface area (Å²) >= 11 is 3.75. The Morgan fingerprint density at radius 2 is 1.44 bits per heavy atom. The van der Waals surface area contributed by atoms with Gasteiger partial charge in [-0.15, -0.1) is 0 Å². The van der Waals surface area contributed by atoms with Crippen molar-refractivity contribution in [2.75, 3.05) is 19.8 Å². The third kappa shape index (κ3) is 3.25. The van der Waals surface area contributed by atoms with E-state index in [-0.39, 0.29) is 10.8 Å². The van der Waals surface area contributed by atoms with Crippen molar-refractivity contribution in [2.45, 2.75) is 18.8 Å². The molecule has 1 fully saturated rings. The quantitative estimate of drug-likeness (QED) is 0.234. The number of fused-ring (bicyclic) bond motifs is 3. The zero-order valence-electron chi connectivity index (χ0n) is 19.3. The van der Waals surface area contributed by atoms with Crippen LogP contribution in [0.1, 0.15) is 35.6 Å². The van der Waals surface area contributed by atoms with E-state index in [4.69, 9.17) is 9.47 Å². The Hall–Kier alpha value is -2.88. The number of rotatable bonds is 6.